The normalized spacial score (nSPS) is 12.4. The van der Waals surface area contributed by atoms with Crippen molar-refractivity contribution in [1.82, 2.24) is 0 Å². The van der Waals surface area contributed by atoms with Crippen LogP contribution in [0.5, 0.6) is 0 Å². The lowest BCUT2D eigenvalue weighted by Gasteiger charge is -2.15. The van der Waals surface area contributed by atoms with E-state index in [1.165, 1.54) is 257 Å². The second-order valence-corrected chi connectivity index (χ2v) is 21.5. The number of hydrogen-bond acceptors (Lipinski definition) is 5. The summed E-state index contributed by atoms with van der Waals surface area (Å²) in [6.07, 6.45) is 82.6. The number of aliphatic hydroxyl groups excluding tert-OH is 1. The second-order valence-electron chi connectivity index (χ2n) is 21.5. The minimum absolute atomic E-state index is 0.0616. The van der Waals surface area contributed by atoms with Crippen LogP contribution in [0.1, 0.15) is 341 Å². The fourth-order valence-corrected chi connectivity index (χ4v) is 9.67. The predicted molar refractivity (Wildman–Crippen MR) is 311 cm³/mol. The van der Waals surface area contributed by atoms with Crippen LogP contribution >= 0.6 is 0 Å². The molecule has 0 aliphatic carbocycles. The van der Waals surface area contributed by atoms with Crippen molar-refractivity contribution in [3.05, 3.63) is 48.6 Å². The largest absolute Gasteiger partial charge is 0.462 e. The quantitative estimate of drug-likeness (QED) is 0.0373. The first-order valence-corrected chi connectivity index (χ1v) is 31.7. The molecule has 0 aliphatic heterocycles. The molecule has 1 N–H and O–H groups in total. The minimum Gasteiger partial charge on any atom is -0.462 e. The lowest BCUT2D eigenvalue weighted by molar-refractivity contribution is -0.161. The van der Waals surface area contributed by atoms with E-state index >= 15 is 0 Å². The zero-order chi connectivity index (χ0) is 51.3. The molecule has 0 fully saturated rings. The number of esters is 2. The van der Waals surface area contributed by atoms with Crippen molar-refractivity contribution < 1.29 is 24.2 Å². The van der Waals surface area contributed by atoms with Crippen molar-refractivity contribution in [2.45, 2.75) is 347 Å². The molecule has 1 unspecified atom stereocenters. The topological polar surface area (TPSA) is 72.8 Å². The maximum atomic E-state index is 12.3. The molecule has 0 spiro atoms. The Morgan fingerprint density at radius 1 is 0.338 bits per heavy atom. The molecular formula is C66H122O5. The summed E-state index contributed by atoms with van der Waals surface area (Å²) in [5, 5.41) is 9.68. The first-order chi connectivity index (χ1) is 35.1. The maximum absolute atomic E-state index is 12.3. The van der Waals surface area contributed by atoms with Gasteiger partial charge in [-0.2, -0.15) is 0 Å². The molecular weight excluding hydrogens is 873 g/mol. The van der Waals surface area contributed by atoms with Gasteiger partial charge in [0.25, 0.3) is 0 Å². The Labute approximate surface area is 443 Å². The predicted octanol–water partition coefficient (Wildman–Crippen LogP) is 21.6. The molecule has 0 rings (SSSR count). The van der Waals surface area contributed by atoms with Crippen LogP contribution < -0.4 is 0 Å². The van der Waals surface area contributed by atoms with Crippen LogP contribution in [0.15, 0.2) is 48.6 Å². The number of carbonyl (C=O) groups excluding carboxylic acids is 2. The summed E-state index contributed by atoms with van der Waals surface area (Å²) >= 11 is 0. The molecule has 5 heteroatoms. The molecule has 1 atom stereocenters. The van der Waals surface area contributed by atoms with Gasteiger partial charge in [-0.15, -0.1) is 0 Å². The van der Waals surface area contributed by atoms with Crippen molar-refractivity contribution in [3.63, 3.8) is 0 Å². The van der Waals surface area contributed by atoms with Gasteiger partial charge in [0, 0.05) is 12.8 Å². The second kappa shape index (κ2) is 62.2. The van der Waals surface area contributed by atoms with E-state index in [1.54, 1.807) is 0 Å². The zero-order valence-corrected chi connectivity index (χ0v) is 47.8. The first-order valence-electron chi connectivity index (χ1n) is 31.7. The van der Waals surface area contributed by atoms with Crippen molar-refractivity contribution in [3.8, 4) is 0 Å². The summed E-state index contributed by atoms with van der Waals surface area (Å²) in [5.41, 5.74) is 0. The van der Waals surface area contributed by atoms with E-state index in [-0.39, 0.29) is 25.2 Å². The average molecular weight is 996 g/mol. The molecule has 0 radical (unpaired) electrons. The fourth-order valence-electron chi connectivity index (χ4n) is 9.67. The summed E-state index contributed by atoms with van der Waals surface area (Å²) < 4.78 is 10.7. The van der Waals surface area contributed by atoms with Crippen LogP contribution in [0.2, 0.25) is 0 Å². The molecule has 0 amide bonds. The van der Waals surface area contributed by atoms with Gasteiger partial charge in [-0.1, -0.05) is 326 Å². The minimum atomic E-state index is -0.772. The Morgan fingerprint density at radius 3 is 0.915 bits per heavy atom. The Kier molecular flexibility index (Phi) is 60.3. The Morgan fingerprint density at radius 2 is 0.606 bits per heavy atom. The maximum Gasteiger partial charge on any atom is 0.306 e. The number of aliphatic hydroxyl groups is 1. The molecule has 5 nitrogen and oxygen atoms in total. The van der Waals surface area contributed by atoms with Gasteiger partial charge in [-0.05, 0) is 51.4 Å². The molecule has 0 saturated heterocycles. The van der Waals surface area contributed by atoms with E-state index in [9.17, 15) is 14.7 Å². The summed E-state index contributed by atoms with van der Waals surface area (Å²) in [7, 11) is 0. The highest BCUT2D eigenvalue weighted by Crippen LogP contribution is 2.18. The van der Waals surface area contributed by atoms with Crippen LogP contribution in [0.3, 0.4) is 0 Å². The van der Waals surface area contributed by atoms with Gasteiger partial charge < -0.3 is 14.6 Å². The van der Waals surface area contributed by atoms with Crippen molar-refractivity contribution in [2.75, 3.05) is 13.2 Å². The summed E-state index contributed by atoms with van der Waals surface area (Å²) in [6, 6.07) is 0. The molecule has 0 aliphatic rings. The van der Waals surface area contributed by atoms with E-state index in [4.69, 9.17) is 9.47 Å². The van der Waals surface area contributed by atoms with E-state index in [0.29, 0.717) is 12.8 Å². The van der Waals surface area contributed by atoms with Crippen LogP contribution in [0.4, 0.5) is 0 Å². The van der Waals surface area contributed by atoms with Crippen molar-refractivity contribution >= 4 is 11.9 Å². The molecule has 71 heavy (non-hydrogen) atoms. The molecule has 0 saturated carbocycles. The van der Waals surface area contributed by atoms with Gasteiger partial charge in [-0.3, -0.25) is 9.59 Å². The monoisotopic (exact) mass is 995 g/mol. The zero-order valence-electron chi connectivity index (χ0n) is 47.8. The molecule has 0 aromatic heterocycles. The molecule has 0 heterocycles. The van der Waals surface area contributed by atoms with E-state index in [2.05, 4.69) is 62.5 Å². The summed E-state index contributed by atoms with van der Waals surface area (Å²) in [4.78, 5) is 24.6. The van der Waals surface area contributed by atoms with Crippen LogP contribution in [-0.4, -0.2) is 36.4 Å². The van der Waals surface area contributed by atoms with Gasteiger partial charge in [-0.25, -0.2) is 0 Å². The van der Waals surface area contributed by atoms with Crippen LogP contribution in [0.25, 0.3) is 0 Å². The third kappa shape index (κ3) is 60.3. The Hall–Kier alpha value is -2.14. The molecule has 0 bridgehead atoms. The summed E-state index contributed by atoms with van der Waals surface area (Å²) in [6.45, 7) is 4.08. The third-order valence-electron chi connectivity index (χ3n) is 14.4. The van der Waals surface area contributed by atoms with E-state index < -0.39 is 6.10 Å². The lowest BCUT2D eigenvalue weighted by Crippen LogP contribution is -2.28. The summed E-state index contributed by atoms with van der Waals surface area (Å²) in [5.74, 6) is -0.573. The highest BCUT2D eigenvalue weighted by molar-refractivity contribution is 5.70. The highest BCUT2D eigenvalue weighted by atomic mass is 16.6. The van der Waals surface area contributed by atoms with Crippen molar-refractivity contribution in [1.29, 1.82) is 0 Å². The fraction of sp³-hybridized carbons (Fsp3) is 0.848. The van der Waals surface area contributed by atoms with Crippen LogP contribution in [-0.2, 0) is 19.1 Å². The first kappa shape index (κ1) is 68.9. The van der Waals surface area contributed by atoms with Crippen LogP contribution in [0, 0.1) is 0 Å². The van der Waals surface area contributed by atoms with E-state index in [0.717, 1.165) is 57.8 Å². The molecule has 0 aromatic carbocycles. The van der Waals surface area contributed by atoms with Gasteiger partial charge in [0.2, 0.25) is 0 Å². The van der Waals surface area contributed by atoms with E-state index in [1.807, 2.05) is 0 Å². The number of hydrogen-bond donors (Lipinski definition) is 1. The lowest BCUT2D eigenvalue weighted by atomic mass is 10.0. The third-order valence-corrected chi connectivity index (χ3v) is 14.4. The highest BCUT2D eigenvalue weighted by Gasteiger charge is 2.16. The van der Waals surface area contributed by atoms with Gasteiger partial charge in [0.1, 0.15) is 6.61 Å². The average Bonchev–Trinajstić information content (AvgIpc) is 3.37. The standard InChI is InChI=1S/C66H122O5/c1-3-5-7-9-11-13-15-17-19-21-23-25-27-29-31-32-33-35-36-38-40-42-44-46-48-50-52-54-56-58-60-65(68)70-63-64(62-67)71-66(69)61-59-57-55-53-51-49-47-45-43-41-39-37-34-30-28-26-24-22-20-18-16-14-12-10-8-6-4-2/h6,8,12,14,18,20,24,26,64,67H,3-5,7,9-11,13,15-17,19,21-23,25,27-63H2,1-2H3/b8-6-,14-12-,20-18-,26-24-. The van der Waals surface area contributed by atoms with Gasteiger partial charge in [0.05, 0.1) is 6.61 Å². The molecule has 0 aromatic rings. The number of allylic oxidation sites excluding steroid dienone is 8. The molecule has 416 valence electrons. The smallest absolute Gasteiger partial charge is 0.306 e. The van der Waals surface area contributed by atoms with Gasteiger partial charge in [0.15, 0.2) is 6.10 Å². The Bertz CT molecular complexity index is 1170. The Balaban J connectivity index is 3.41. The van der Waals surface area contributed by atoms with Gasteiger partial charge >= 0.3 is 11.9 Å². The number of rotatable bonds is 59. The number of unbranched alkanes of at least 4 members (excludes halogenated alkanes) is 43. The number of carbonyl (C=O) groups is 2. The SMILES string of the molecule is CC/C=C\C/C=C\C/C=C\C/C=C\CCCCCCCCCCCCCCCCC(=O)OC(CO)COC(=O)CCCCCCCCCCCCCCCCCCCCCCCCCCCCCCCC. The number of ether oxygens (including phenoxy) is 2. The van der Waals surface area contributed by atoms with Crippen molar-refractivity contribution in [2.24, 2.45) is 0 Å².